The number of allylic oxidation sites excluding steroid dienone is 1. The highest BCUT2D eigenvalue weighted by molar-refractivity contribution is 5.82. The van der Waals surface area contributed by atoms with E-state index in [0.29, 0.717) is 5.92 Å². The molecule has 0 saturated heterocycles. The van der Waals surface area contributed by atoms with Gasteiger partial charge in [0.2, 0.25) is 0 Å². The summed E-state index contributed by atoms with van der Waals surface area (Å²) < 4.78 is 5.25. The fraction of sp³-hybridized carbons (Fsp3) is 0.786. The van der Waals surface area contributed by atoms with Crippen LogP contribution in [0.15, 0.2) is 12.2 Å². The summed E-state index contributed by atoms with van der Waals surface area (Å²) in [4.78, 5) is 11.5. The van der Waals surface area contributed by atoms with E-state index in [4.69, 9.17) is 4.74 Å². The van der Waals surface area contributed by atoms with Gasteiger partial charge in [-0.1, -0.05) is 12.5 Å². The minimum Gasteiger partial charge on any atom is -0.457 e. The number of carbonyl (C=O) groups is 1. The Bertz CT molecular complexity index is 298. The van der Waals surface area contributed by atoms with Crippen LogP contribution in [-0.4, -0.2) is 11.6 Å². The van der Waals surface area contributed by atoms with E-state index in [-0.39, 0.29) is 11.6 Å². The molecule has 0 spiro atoms. The molecule has 2 aliphatic carbocycles. The van der Waals surface area contributed by atoms with Crippen LogP contribution in [0.4, 0.5) is 0 Å². The first-order chi connectivity index (χ1) is 7.44. The third kappa shape index (κ3) is 2.87. The Morgan fingerprint density at radius 2 is 2.00 bits per heavy atom. The van der Waals surface area contributed by atoms with Crippen molar-refractivity contribution in [1.82, 2.24) is 0 Å². The Labute approximate surface area is 98.1 Å². The van der Waals surface area contributed by atoms with Gasteiger partial charge in [-0.2, -0.15) is 0 Å². The molecular weight excluding hydrogens is 200 g/mol. The Morgan fingerprint density at radius 3 is 2.50 bits per heavy atom. The van der Waals surface area contributed by atoms with Gasteiger partial charge in [-0.3, -0.25) is 0 Å². The summed E-state index contributed by atoms with van der Waals surface area (Å²) >= 11 is 0. The molecule has 0 amide bonds. The molecule has 2 rings (SSSR count). The summed E-state index contributed by atoms with van der Waals surface area (Å²) in [5.74, 6) is 2.20. The van der Waals surface area contributed by atoms with Crippen molar-refractivity contribution >= 4 is 5.97 Å². The van der Waals surface area contributed by atoms with Crippen molar-refractivity contribution in [3.05, 3.63) is 12.2 Å². The molecule has 0 heterocycles. The number of carbonyl (C=O) groups excluding carboxylic acids is 1. The van der Waals surface area contributed by atoms with Crippen molar-refractivity contribution in [3.8, 4) is 0 Å². The van der Waals surface area contributed by atoms with Crippen LogP contribution in [0.2, 0.25) is 0 Å². The van der Waals surface area contributed by atoms with E-state index in [1.165, 1.54) is 25.7 Å². The fourth-order valence-electron chi connectivity index (χ4n) is 3.07. The minimum atomic E-state index is -0.379. The first-order valence-electron chi connectivity index (χ1n) is 6.35. The molecule has 2 bridgehead atoms. The second-order valence-corrected chi connectivity index (χ2v) is 6.23. The summed E-state index contributed by atoms with van der Waals surface area (Å²) in [6, 6.07) is 0. The zero-order chi connectivity index (χ0) is 11.8. The molecular formula is C14H22O2. The summed E-state index contributed by atoms with van der Waals surface area (Å²) in [5, 5.41) is 0. The van der Waals surface area contributed by atoms with Crippen LogP contribution in [0.1, 0.15) is 46.5 Å². The van der Waals surface area contributed by atoms with Crippen molar-refractivity contribution in [2.45, 2.75) is 52.1 Å². The zero-order valence-corrected chi connectivity index (χ0v) is 10.5. The molecule has 0 aromatic heterocycles. The largest absolute Gasteiger partial charge is 0.457 e. The van der Waals surface area contributed by atoms with Crippen LogP contribution >= 0.6 is 0 Å². The molecule has 90 valence electrons. The van der Waals surface area contributed by atoms with Crippen LogP contribution in [0.25, 0.3) is 0 Å². The van der Waals surface area contributed by atoms with Gasteiger partial charge < -0.3 is 4.74 Å². The van der Waals surface area contributed by atoms with E-state index >= 15 is 0 Å². The number of fused-ring (bicyclic) bond motifs is 2. The lowest BCUT2D eigenvalue weighted by atomic mass is 9.88. The van der Waals surface area contributed by atoms with Crippen molar-refractivity contribution in [2.75, 3.05) is 0 Å². The predicted octanol–water partition coefficient (Wildman–Crippen LogP) is 3.32. The maximum atomic E-state index is 11.5. The number of ether oxygens (including phenoxy) is 1. The zero-order valence-electron chi connectivity index (χ0n) is 10.5. The molecule has 3 atom stereocenters. The van der Waals surface area contributed by atoms with Gasteiger partial charge >= 0.3 is 5.97 Å². The molecule has 0 aromatic carbocycles. The summed E-state index contributed by atoms with van der Waals surface area (Å²) in [6.45, 7) is 5.70. The molecule has 2 saturated carbocycles. The molecule has 2 nitrogen and oxygen atoms in total. The monoisotopic (exact) mass is 222 g/mol. The van der Waals surface area contributed by atoms with Crippen molar-refractivity contribution < 1.29 is 9.53 Å². The maximum absolute atomic E-state index is 11.5. The molecule has 16 heavy (non-hydrogen) atoms. The number of hydrogen-bond donors (Lipinski definition) is 0. The number of hydrogen-bond acceptors (Lipinski definition) is 2. The van der Waals surface area contributed by atoms with Gasteiger partial charge in [-0.05, 0) is 57.8 Å². The molecule has 2 fully saturated rings. The second kappa shape index (κ2) is 4.23. The SMILES string of the molecule is CC(C)(C)OC(=O)/C=C/[C@H]1C[C@@H]2CC[C@H]1C2. The molecule has 0 aliphatic heterocycles. The maximum Gasteiger partial charge on any atom is 0.330 e. The van der Waals surface area contributed by atoms with Gasteiger partial charge in [0.25, 0.3) is 0 Å². The third-order valence-electron chi connectivity index (χ3n) is 3.68. The van der Waals surface area contributed by atoms with Crippen molar-refractivity contribution in [2.24, 2.45) is 17.8 Å². The molecule has 2 aliphatic rings. The highest BCUT2D eigenvalue weighted by Gasteiger charge is 2.38. The van der Waals surface area contributed by atoms with Crippen LogP contribution in [0.3, 0.4) is 0 Å². The van der Waals surface area contributed by atoms with E-state index in [0.717, 1.165) is 11.8 Å². The molecule has 0 N–H and O–H groups in total. The van der Waals surface area contributed by atoms with Gasteiger partial charge in [0.1, 0.15) is 5.60 Å². The first kappa shape index (κ1) is 11.7. The topological polar surface area (TPSA) is 26.3 Å². The molecule has 0 radical (unpaired) electrons. The Balaban J connectivity index is 1.83. The van der Waals surface area contributed by atoms with E-state index in [9.17, 15) is 4.79 Å². The van der Waals surface area contributed by atoms with Crippen molar-refractivity contribution in [3.63, 3.8) is 0 Å². The summed E-state index contributed by atoms with van der Waals surface area (Å²) in [7, 11) is 0. The van der Waals surface area contributed by atoms with Gasteiger partial charge in [-0.25, -0.2) is 4.79 Å². The Kier molecular flexibility index (Phi) is 3.09. The number of esters is 1. The normalized spacial score (nSPS) is 33.6. The lowest BCUT2D eigenvalue weighted by Gasteiger charge is -2.19. The smallest absolute Gasteiger partial charge is 0.330 e. The molecule has 0 aromatic rings. The summed E-state index contributed by atoms with van der Waals surface area (Å²) in [6.07, 6.45) is 9.14. The summed E-state index contributed by atoms with van der Waals surface area (Å²) in [5.41, 5.74) is -0.379. The van der Waals surface area contributed by atoms with Crippen LogP contribution < -0.4 is 0 Å². The van der Waals surface area contributed by atoms with E-state index in [1.54, 1.807) is 6.08 Å². The average Bonchev–Trinajstić information content (AvgIpc) is 2.72. The minimum absolute atomic E-state index is 0.199. The van der Waals surface area contributed by atoms with Crippen LogP contribution in [-0.2, 0) is 9.53 Å². The Hall–Kier alpha value is -0.790. The molecule has 2 heteroatoms. The lowest BCUT2D eigenvalue weighted by Crippen LogP contribution is -2.22. The predicted molar refractivity (Wildman–Crippen MR) is 63.9 cm³/mol. The lowest BCUT2D eigenvalue weighted by molar-refractivity contribution is -0.148. The van der Waals surface area contributed by atoms with Crippen molar-refractivity contribution in [1.29, 1.82) is 0 Å². The Morgan fingerprint density at radius 1 is 1.25 bits per heavy atom. The standard InChI is InChI=1S/C14H22O2/c1-14(2,3)16-13(15)7-6-12-9-10-4-5-11(12)8-10/h6-7,10-12H,4-5,8-9H2,1-3H3/b7-6+/t10-,11+,12+/m1/s1. The van der Waals surface area contributed by atoms with Crippen LogP contribution in [0, 0.1) is 17.8 Å². The fourth-order valence-corrected chi connectivity index (χ4v) is 3.07. The van der Waals surface area contributed by atoms with E-state index in [2.05, 4.69) is 6.08 Å². The first-order valence-corrected chi connectivity index (χ1v) is 6.35. The third-order valence-corrected chi connectivity index (χ3v) is 3.68. The second-order valence-electron chi connectivity index (χ2n) is 6.23. The highest BCUT2D eigenvalue weighted by Crippen LogP contribution is 2.48. The van der Waals surface area contributed by atoms with E-state index < -0.39 is 0 Å². The number of rotatable bonds is 2. The molecule has 0 unspecified atom stereocenters. The van der Waals surface area contributed by atoms with Gasteiger partial charge in [0.15, 0.2) is 0 Å². The van der Waals surface area contributed by atoms with Gasteiger partial charge in [0, 0.05) is 6.08 Å². The quantitative estimate of drug-likeness (QED) is 0.529. The highest BCUT2D eigenvalue weighted by atomic mass is 16.6. The van der Waals surface area contributed by atoms with E-state index in [1.807, 2.05) is 20.8 Å². The van der Waals surface area contributed by atoms with Gasteiger partial charge in [-0.15, -0.1) is 0 Å². The average molecular weight is 222 g/mol. The van der Waals surface area contributed by atoms with Crippen LogP contribution in [0.5, 0.6) is 0 Å². The van der Waals surface area contributed by atoms with Gasteiger partial charge in [0.05, 0.1) is 0 Å².